The number of hydrogen-bond donors (Lipinski definition) is 1. The lowest BCUT2D eigenvalue weighted by molar-refractivity contribution is 0.0843. The van der Waals surface area contributed by atoms with Crippen molar-refractivity contribution in [3.8, 4) is 11.5 Å². The molecule has 1 aliphatic rings. The van der Waals surface area contributed by atoms with Crippen LogP contribution in [0.25, 0.3) is 0 Å². The van der Waals surface area contributed by atoms with E-state index in [9.17, 15) is 5.11 Å². The van der Waals surface area contributed by atoms with Gasteiger partial charge in [0.15, 0.2) is 0 Å². The fourth-order valence-corrected chi connectivity index (χ4v) is 3.42. The standard InChI is InChI=1S/C20H26N2O3/c1-21(2)15-7-5-14(6-8-15)11-22-12-16-18(24-3)9-10-19(25-4)20(16)17(23)13-22/h5-10,17,23H,11-13H2,1-4H3. The lowest BCUT2D eigenvalue weighted by atomic mass is 9.95. The number of ether oxygens (including phenoxy) is 2. The quantitative estimate of drug-likeness (QED) is 0.905. The summed E-state index contributed by atoms with van der Waals surface area (Å²) in [5.41, 5.74) is 4.26. The summed E-state index contributed by atoms with van der Waals surface area (Å²) in [4.78, 5) is 4.32. The van der Waals surface area contributed by atoms with Crippen molar-refractivity contribution in [3.63, 3.8) is 0 Å². The molecule has 0 bridgehead atoms. The monoisotopic (exact) mass is 342 g/mol. The van der Waals surface area contributed by atoms with E-state index < -0.39 is 6.10 Å². The average molecular weight is 342 g/mol. The van der Waals surface area contributed by atoms with Crippen molar-refractivity contribution in [1.82, 2.24) is 4.90 Å². The number of aliphatic hydroxyl groups excluding tert-OH is 1. The van der Waals surface area contributed by atoms with E-state index in [4.69, 9.17) is 9.47 Å². The van der Waals surface area contributed by atoms with Crippen LogP contribution in [0.4, 0.5) is 5.69 Å². The van der Waals surface area contributed by atoms with Gasteiger partial charge >= 0.3 is 0 Å². The van der Waals surface area contributed by atoms with Gasteiger partial charge in [0.2, 0.25) is 0 Å². The molecule has 1 heterocycles. The van der Waals surface area contributed by atoms with Gasteiger partial charge in [-0.05, 0) is 29.8 Å². The molecule has 1 aliphatic heterocycles. The van der Waals surface area contributed by atoms with Gasteiger partial charge in [-0.3, -0.25) is 4.90 Å². The van der Waals surface area contributed by atoms with Crippen LogP contribution >= 0.6 is 0 Å². The van der Waals surface area contributed by atoms with Gasteiger partial charge in [0.05, 0.1) is 20.3 Å². The molecule has 0 aliphatic carbocycles. The maximum Gasteiger partial charge on any atom is 0.125 e. The third kappa shape index (κ3) is 3.57. The lowest BCUT2D eigenvalue weighted by Gasteiger charge is -2.34. The minimum absolute atomic E-state index is 0.575. The Balaban J connectivity index is 1.83. The summed E-state index contributed by atoms with van der Waals surface area (Å²) < 4.78 is 10.9. The first-order valence-corrected chi connectivity index (χ1v) is 8.44. The summed E-state index contributed by atoms with van der Waals surface area (Å²) in [5, 5.41) is 10.7. The van der Waals surface area contributed by atoms with Gasteiger partial charge in [0, 0.05) is 50.5 Å². The van der Waals surface area contributed by atoms with Crippen LogP contribution in [-0.4, -0.2) is 44.9 Å². The van der Waals surface area contributed by atoms with Crippen molar-refractivity contribution >= 4 is 5.69 Å². The molecule has 0 spiro atoms. The van der Waals surface area contributed by atoms with Crippen molar-refractivity contribution in [2.45, 2.75) is 19.2 Å². The lowest BCUT2D eigenvalue weighted by Crippen LogP contribution is -2.33. The van der Waals surface area contributed by atoms with Gasteiger partial charge in [-0.25, -0.2) is 0 Å². The summed E-state index contributed by atoms with van der Waals surface area (Å²) in [6.07, 6.45) is -0.588. The highest BCUT2D eigenvalue weighted by Crippen LogP contribution is 2.39. The maximum absolute atomic E-state index is 10.7. The van der Waals surface area contributed by atoms with Crippen molar-refractivity contribution in [2.75, 3.05) is 39.8 Å². The second kappa shape index (κ2) is 7.33. The van der Waals surface area contributed by atoms with Gasteiger partial charge in [0.1, 0.15) is 11.5 Å². The van der Waals surface area contributed by atoms with Crippen molar-refractivity contribution in [2.24, 2.45) is 0 Å². The molecule has 0 radical (unpaired) electrons. The van der Waals surface area contributed by atoms with E-state index in [1.54, 1.807) is 14.2 Å². The number of anilines is 1. The molecular formula is C20H26N2O3. The first kappa shape index (κ1) is 17.6. The van der Waals surface area contributed by atoms with Crippen LogP contribution in [0.2, 0.25) is 0 Å². The number of hydrogen-bond acceptors (Lipinski definition) is 5. The van der Waals surface area contributed by atoms with Gasteiger partial charge in [-0.2, -0.15) is 0 Å². The summed E-state index contributed by atoms with van der Waals surface area (Å²) in [6, 6.07) is 12.3. The first-order valence-electron chi connectivity index (χ1n) is 8.44. The minimum atomic E-state index is -0.588. The fraction of sp³-hybridized carbons (Fsp3) is 0.400. The molecule has 0 saturated carbocycles. The smallest absolute Gasteiger partial charge is 0.125 e. The van der Waals surface area contributed by atoms with Crippen LogP contribution in [0.15, 0.2) is 36.4 Å². The Labute approximate surface area is 149 Å². The number of nitrogens with zero attached hydrogens (tertiary/aromatic N) is 2. The van der Waals surface area contributed by atoms with Crippen LogP contribution in [-0.2, 0) is 13.1 Å². The molecule has 134 valence electrons. The molecule has 1 atom stereocenters. The van der Waals surface area contributed by atoms with Crippen LogP contribution in [0, 0.1) is 0 Å². The number of fused-ring (bicyclic) bond motifs is 1. The Bertz CT molecular complexity index is 728. The van der Waals surface area contributed by atoms with E-state index in [0.29, 0.717) is 6.54 Å². The van der Waals surface area contributed by atoms with Crippen LogP contribution in [0.1, 0.15) is 22.8 Å². The third-order valence-electron chi connectivity index (χ3n) is 4.72. The zero-order chi connectivity index (χ0) is 18.0. The molecule has 5 heteroatoms. The Kier molecular flexibility index (Phi) is 5.16. The highest BCUT2D eigenvalue weighted by Gasteiger charge is 2.29. The van der Waals surface area contributed by atoms with Crippen LogP contribution in [0.5, 0.6) is 11.5 Å². The molecule has 0 fully saturated rings. The molecule has 0 aromatic heterocycles. The number of β-amino-alcohol motifs (C(OH)–C–C–N with tert-alkyl or cyclic N) is 1. The first-order chi connectivity index (χ1) is 12.0. The predicted octanol–water partition coefficient (Wildman–Crippen LogP) is 2.82. The molecule has 1 N–H and O–H groups in total. The number of methoxy groups -OCH3 is 2. The Morgan fingerprint density at radius 3 is 2.28 bits per heavy atom. The van der Waals surface area contributed by atoms with E-state index in [2.05, 4.69) is 34.1 Å². The molecule has 25 heavy (non-hydrogen) atoms. The molecular weight excluding hydrogens is 316 g/mol. The van der Waals surface area contributed by atoms with Crippen molar-refractivity contribution in [1.29, 1.82) is 0 Å². The number of benzene rings is 2. The number of aliphatic hydroxyl groups is 1. The molecule has 1 unspecified atom stereocenters. The molecule has 0 saturated heterocycles. The molecule has 3 rings (SSSR count). The van der Waals surface area contributed by atoms with Gasteiger partial charge in [-0.1, -0.05) is 12.1 Å². The molecule has 2 aromatic rings. The molecule has 0 amide bonds. The van der Waals surface area contributed by atoms with Gasteiger partial charge in [-0.15, -0.1) is 0 Å². The molecule has 2 aromatic carbocycles. The normalized spacial score (nSPS) is 17.1. The van der Waals surface area contributed by atoms with Crippen LogP contribution < -0.4 is 14.4 Å². The van der Waals surface area contributed by atoms with Crippen molar-refractivity contribution < 1.29 is 14.6 Å². The SMILES string of the molecule is COc1ccc(OC)c2c1CN(Cc1ccc(N(C)C)cc1)CC2O. The minimum Gasteiger partial charge on any atom is -0.496 e. The summed E-state index contributed by atoms with van der Waals surface area (Å²) >= 11 is 0. The molecule has 5 nitrogen and oxygen atoms in total. The van der Waals surface area contributed by atoms with Crippen LogP contribution in [0.3, 0.4) is 0 Å². The van der Waals surface area contributed by atoms with E-state index >= 15 is 0 Å². The fourth-order valence-electron chi connectivity index (χ4n) is 3.42. The van der Waals surface area contributed by atoms with Gasteiger partial charge in [0.25, 0.3) is 0 Å². The highest BCUT2D eigenvalue weighted by molar-refractivity contribution is 5.51. The highest BCUT2D eigenvalue weighted by atomic mass is 16.5. The zero-order valence-electron chi connectivity index (χ0n) is 15.3. The zero-order valence-corrected chi connectivity index (χ0v) is 15.3. The van der Waals surface area contributed by atoms with E-state index in [1.165, 1.54) is 11.3 Å². The number of rotatable bonds is 5. The van der Waals surface area contributed by atoms with Crippen molar-refractivity contribution in [3.05, 3.63) is 53.1 Å². The second-order valence-electron chi connectivity index (χ2n) is 6.61. The summed E-state index contributed by atoms with van der Waals surface area (Å²) in [6.45, 7) is 2.08. The van der Waals surface area contributed by atoms with E-state index in [-0.39, 0.29) is 0 Å². The largest absolute Gasteiger partial charge is 0.496 e. The Hall–Kier alpha value is -2.24. The maximum atomic E-state index is 10.7. The predicted molar refractivity (Wildman–Crippen MR) is 99.4 cm³/mol. The Morgan fingerprint density at radius 2 is 1.68 bits per heavy atom. The second-order valence-corrected chi connectivity index (χ2v) is 6.61. The Morgan fingerprint density at radius 1 is 1.04 bits per heavy atom. The third-order valence-corrected chi connectivity index (χ3v) is 4.72. The average Bonchev–Trinajstić information content (AvgIpc) is 2.61. The van der Waals surface area contributed by atoms with E-state index in [0.717, 1.165) is 35.7 Å². The summed E-state index contributed by atoms with van der Waals surface area (Å²) in [7, 11) is 7.36. The van der Waals surface area contributed by atoms with E-state index in [1.807, 2.05) is 26.2 Å². The topological polar surface area (TPSA) is 45.2 Å². The van der Waals surface area contributed by atoms with Gasteiger partial charge < -0.3 is 19.5 Å². The summed E-state index contributed by atoms with van der Waals surface area (Å²) in [5.74, 6) is 1.51.